The zero-order chi connectivity index (χ0) is 22.1. The molecule has 0 spiro atoms. The lowest BCUT2D eigenvalue weighted by Gasteiger charge is -2.42. The first-order valence-electron chi connectivity index (χ1n) is 11.6. The van der Waals surface area contributed by atoms with Crippen molar-refractivity contribution in [2.24, 2.45) is 17.3 Å². The molecule has 3 nitrogen and oxygen atoms in total. The van der Waals surface area contributed by atoms with E-state index in [9.17, 15) is 15.3 Å². The molecule has 0 aromatic rings. The summed E-state index contributed by atoms with van der Waals surface area (Å²) < 4.78 is 0. The summed E-state index contributed by atoms with van der Waals surface area (Å²) in [5, 5.41) is 30.1. The molecule has 0 bridgehead atoms. The summed E-state index contributed by atoms with van der Waals surface area (Å²) in [4.78, 5) is 0. The van der Waals surface area contributed by atoms with E-state index < -0.39 is 17.8 Å². The average Bonchev–Trinajstić information content (AvgIpc) is 3.00. The zero-order valence-electron chi connectivity index (χ0n) is 19.2. The van der Waals surface area contributed by atoms with Gasteiger partial charge < -0.3 is 15.3 Å². The maximum absolute atomic E-state index is 10.1. The number of aliphatic hydroxyl groups excluding tert-OH is 2. The second kappa shape index (κ2) is 8.98. The fraction of sp³-hybridized carbons (Fsp3) is 0.630. The SMILES string of the molecule is C=C1/C(=C\C=C2/CCC[C@]3(C)C(C(C)C/C=C/C(C)(C)O)=CCC23)C[C@H](O)C[C@@H]1O. The van der Waals surface area contributed by atoms with Crippen molar-refractivity contribution in [3.63, 3.8) is 0 Å². The molecule has 3 heteroatoms. The Kier molecular flexibility index (Phi) is 6.96. The highest BCUT2D eigenvalue weighted by atomic mass is 16.3. The van der Waals surface area contributed by atoms with Gasteiger partial charge in [-0.15, -0.1) is 0 Å². The molecular weight excluding hydrogens is 372 g/mol. The van der Waals surface area contributed by atoms with Crippen molar-refractivity contribution in [1.29, 1.82) is 0 Å². The lowest BCUT2D eigenvalue weighted by atomic mass is 9.62. The van der Waals surface area contributed by atoms with Crippen LogP contribution in [0.2, 0.25) is 0 Å². The van der Waals surface area contributed by atoms with Crippen molar-refractivity contribution in [2.45, 2.75) is 90.4 Å². The van der Waals surface area contributed by atoms with Gasteiger partial charge in [-0.2, -0.15) is 0 Å². The molecule has 0 heterocycles. The Balaban J connectivity index is 1.75. The van der Waals surface area contributed by atoms with Crippen LogP contribution in [0.4, 0.5) is 0 Å². The summed E-state index contributed by atoms with van der Waals surface area (Å²) in [7, 11) is 0. The fourth-order valence-electron chi connectivity index (χ4n) is 5.77. The van der Waals surface area contributed by atoms with Crippen LogP contribution >= 0.6 is 0 Å². The summed E-state index contributed by atoms with van der Waals surface area (Å²) in [5.41, 5.74) is 4.25. The highest BCUT2D eigenvalue weighted by Gasteiger charge is 2.45. The monoisotopic (exact) mass is 412 g/mol. The van der Waals surface area contributed by atoms with E-state index >= 15 is 0 Å². The second-order valence-electron chi connectivity index (χ2n) is 10.5. The molecule has 0 radical (unpaired) electrons. The molecule has 0 saturated heterocycles. The van der Waals surface area contributed by atoms with Gasteiger partial charge in [0, 0.05) is 6.42 Å². The van der Waals surface area contributed by atoms with Gasteiger partial charge in [-0.1, -0.05) is 62.0 Å². The van der Waals surface area contributed by atoms with Crippen LogP contribution in [0.1, 0.15) is 72.6 Å². The third kappa shape index (κ3) is 5.07. The van der Waals surface area contributed by atoms with Crippen LogP contribution in [0.5, 0.6) is 0 Å². The second-order valence-corrected chi connectivity index (χ2v) is 10.5. The Morgan fingerprint density at radius 1 is 1.30 bits per heavy atom. The molecule has 3 rings (SSSR count). The van der Waals surface area contributed by atoms with Crippen molar-refractivity contribution in [1.82, 2.24) is 0 Å². The molecule has 0 aromatic carbocycles. The van der Waals surface area contributed by atoms with E-state index in [2.05, 4.69) is 44.7 Å². The van der Waals surface area contributed by atoms with Gasteiger partial charge in [-0.3, -0.25) is 0 Å². The van der Waals surface area contributed by atoms with Gasteiger partial charge in [-0.25, -0.2) is 0 Å². The van der Waals surface area contributed by atoms with Crippen LogP contribution < -0.4 is 0 Å². The molecule has 0 amide bonds. The Labute approximate surface area is 182 Å². The Hall–Kier alpha value is -1.42. The lowest BCUT2D eigenvalue weighted by Crippen LogP contribution is -2.32. The van der Waals surface area contributed by atoms with Gasteiger partial charge in [0.1, 0.15) is 0 Å². The maximum Gasteiger partial charge on any atom is 0.0811 e. The quantitative estimate of drug-likeness (QED) is 0.530. The largest absolute Gasteiger partial charge is 0.393 e. The number of fused-ring (bicyclic) bond motifs is 1. The van der Waals surface area contributed by atoms with Gasteiger partial charge in [0.25, 0.3) is 0 Å². The summed E-state index contributed by atoms with van der Waals surface area (Å²) >= 11 is 0. The van der Waals surface area contributed by atoms with Gasteiger partial charge in [0.2, 0.25) is 0 Å². The highest BCUT2D eigenvalue weighted by molar-refractivity contribution is 5.40. The molecule has 2 saturated carbocycles. The normalized spacial score (nSPS) is 36.4. The predicted octanol–water partition coefficient (Wildman–Crippen LogP) is 5.40. The van der Waals surface area contributed by atoms with Crippen molar-refractivity contribution in [3.05, 3.63) is 59.3 Å². The van der Waals surface area contributed by atoms with E-state index in [0.29, 0.717) is 24.7 Å². The van der Waals surface area contributed by atoms with Crippen LogP contribution in [0.3, 0.4) is 0 Å². The van der Waals surface area contributed by atoms with E-state index in [4.69, 9.17) is 0 Å². The molecular formula is C27H40O3. The summed E-state index contributed by atoms with van der Waals surface area (Å²) in [6, 6.07) is 0. The Morgan fingerprint density at radius 3 is 2.73 bits per heavy atom. The minimum atomic E-state index is -0.755. The zero-order valence-corrected chi connectivity index (χ0v) is 19.2. The Bertz CT molecular complexity index is 776. The predicted molar refractivity (Wildman–Crippen MR) is 124 cm³/mol. The maximum atomic E-state index is 10.1. The van der Waals surface area contributed by atoms with Gasteiger partial charge in [0.15, 0.2) is 0 Å². The third-order valence-electron chi connectivity index (χ3n) is 7.42. The molecule has 2 fully saturated rings. The van der Waals surface area contributed by atoms with Crippen molar-refractivity contribution < 1.29 is 15.3 Å². The first-order chi connectivity index (χ1) is 14.0. The number of rotatable bonds is 5. The molecule has 0 aliphatic heterocycles. The molecule has 5 atom stereocenters. The van der Waals surface area contributed by atoms with Crippen LogP contribution in [-0.4, -0.2) is 33.1 Å². The van der Waals surface area contributed by atoms with Crippen molar-refractivity contribution >= 4 is 0 Å². The van der Waals surface area contributed by atoms with Crippen LogP contribution in [0.15, 0.2) is 59.3 Å². The number of allylic oxidation sites excluding steroid dienone is 6. The van der Waals surface area contributed by atoms with E-state index in [-0.39, 0.29) is 5.41 Å². The lowest BCUT2D eigenvalue weighted by molar-refractivity contribution is 0.0862. The number of hydrogen-bond acceptors (Lipinski definition) is 3. The molecule has 30 heavy (non-hydrogen) atoms. The molecule has 3 N–H and O–H groups in total. The van der Waals surface area contributed by atoms with E-state index in [0.717, 1.165) is 30.4 Å². The molecule has 0 aromatic heterocycles. The van der Waals surface area contributed by atoms with E-state index in [1.54, 1.807) is 5.57 Å². The molecule has 3 aliphatic rings. The minimum absolute atomic E-state index is 0.202. The molecule has 3 aliphatic carbocycles. The minimum Gasteiger partial charge on any atom is -0.393 e. The molecule has 2 unspecified atom stereocenters. The molecule has 166 valence electrons. The highest BCUT2D eigenvalue weighted by Crippen LogP contribution is 2.56. The fourth-order valence-corrected chi connectivity index (χ4v) is 5.77. The van der Waals surface area contributed by atoms with Crippen molar-refractivity contribution in [2.75, 3.05) is 0 Å². The third-order valence-corrected chi connectivity index (χ3v) is 7.42. The Morgan fingerprint density at radius 2 is 2.03 bits per heavy atom. The summed E-state index contributed by atoms with van der Waals surface area (Å²) in [5.74, 6) is 1.00. The van der Waals surface area contributed by atoms with Crippen molar-refractivity contribution in [3.8, 4) is 0 Å². The first kappa shape index (κ1) is 23.2. The van der Waals surface area contributed by atoms with E-state index in [1.165, 1.54) is 18.4 Å². The standard InChI is InChI=1S/C27H40O3/c1-18(8-6-14-26(3,4)30)23-12-13-24-20(9-7-15-27(23,24)5)10-11-21-16-22(28)17-25(29)19(21)2/h6,10-12,14,18,22,24-25,28-30H,2,7-9,13,15-17H2,1,3-5H3/b14-6+,20-10+,21-11-/t18?,22-,24?,25-,27+/m0/s1. The van der Waals surface area contributed by atoms with E-state index in [1.807, 2.05) is 19.9 Å². The number of aliphatic hydroxyl groups is 3. The summed E-state index contributed by atoms with van der Waals surface area (Å²) in [6.07, 6.45) is 16.3. The first-order valence-corrected chi connectivity index (χ1v) is 11.6. The number of hydrogen-bond donors (Lipinski definition) is 3. The van der Waals surface area contributed by atoms with Gasteiger partial charge in [0.05, 0.1) is 17.8 Å². The van der Waals surface area contributed by atoms with Crippen LogP contribution in [0, 0.1) is 17.3 Å². The smallest absolute Gasteiger partial charge is 0.0811 e. The van der Waals surface area contributed by atoms with Gasteiger partial charge >= 0.3 is 0 Å². The van der Waals surface area contributed by atoms with Crippen LogP contribution in [0.25, 0.3) is 0 Å². The summed E-state index contributed by atoms with van der Waals surface area (Å²) in [6.45, 7) is 12.4. The van der Waals surface area contributed by atoms with Gasteiger partial charge in [-0.05, 0) is 80.8 Å². The van der Waals surface area contributed by atoms with Crippen LogP contribution in [-0.2, 0) is 0 Å². The average molecular weight is 413 g/mol. The topological polar surface area (TPSA) is 60.7 Å².